The first kappa shape index (κ1) is 17.8. The highest BCUT2D eigenvalue weighted by Crippen LogP contribution is 2.15. The summed E-state index contributed by atoms with van der Waals surface area (Å²) in [4.78, 5) is 18.8. The van der Waals surface area contributed by atoms with Gasteiger partial charge in [0.1, 0.15) is 12.7 Å². The van der Waals surface area contributed by atoms with Crippen LogP contribution in [-0.2, 0) is 6.54 Å². The molecule has 0 saturated heterocycles. The van der Waals surface area contributed by atoms with E-state index in [0.717, 1.165) is 31.0 Å². The van der Waals surface area contributed by atoms with Crippen molar-refractivity contribution in [1.82, 2.24) is 19.7 Å². The maximum Gasteiger partial charge on any atom is 0.255 e. The molecule has 3 aromatic rings. The maximum atomic E-state index is 12.5. The van der Waals surface area contributed by atoms with Crippen molar-refractivity contribution in [2.45, 2.75) is 20.4 Å². The van der Waals surface area contributed by atoms with Gasteiger partial charge in [0.05, 0.1) is 5.69 Å². The van der Waals surface area contributed by atoms with E-state index in [1.807, 2.05) is 30.3 Å². The summed E-state index contributed by atoms with van der Waals surface area (Å²) in [6, 6.07) is 15.3. The zero-order chi connectivity index (χ0) is 18.4. The van der Waals surface area contributed by atoms with Crippen LogP contribution in [0.15, 0.2) is 61.2 Å². The van der Waals surface area contributed by atoms with Crippen LogP contribution in [0.1, 0.15) is 29.8 Å². The summed E-state index contributed by atoms with van der Waals surface area (Å²) in [5, 5.41) is 7.05. The number of carbonyl (C=O) groups is 1. The highest BCUT2D eigenvalue weighted by molar-refractivity contribution is 6.04. The van der Waals surface area contributed by atoms with Crippen LogP contribution < -0.4 is 5.32 Å². The summed E-state index contributed by atoms with van der Waals surface area (Å²) in [5.41, 5.74) is 3.45. The van der Waals surface area contributed by atoms with E-state index in [-0.39, 0.29) is 5.91 Å². The molecule has 0 saturated carbocycles. The van der Waals surface area contributed by atoms with Gasteiger partial charge in [-0.2, -0.15) is 5.10 Å². The summed E-state index contributed by atoms with van der Waals surface area (Å²) in [6.07, 6.45) is 3.10. The molecule has 1 N–H and O–H groups in total. The molecule has 0 aliphatic rings. The van der Waals surface area contributed by atoms with E-state index in [4.69, 9.17) is 0 Å². The lowest BCUT2D eigenvalue weighted by atomic mass is 10.1. The zero-order valence-corrected chi connectivity index (χ0v) is 15.1. The molecule has 3 rings (SSSR count). The van der Waals surface area contributed by atoms with Gasteiger partial charge < -0.3 is 5.32 Å². The number of rotatable bonds is 7. The lowest BCUT2D eigenvalue weighted by Gasteiger charge is -2.18. The fourth-order valence-corrected chi connectivity index (χ4v) is 2.76. The Balaban J connectivity index is 1.68. The summed E-state index contributed by atoms with van der Waals surface area (Å²) in [5.74, 6) is -0.130. The minimum Gasteiger partial charge on any atom is -0.322 e. The first-order valence-electron chi connectivity index (χ1n) is 8.77. The number of carbonyl (C=O) groups excluding carboxylic acids is 1. The molecule has 2 aromatic carbocycles. The third-order valence-corrected chi connectivity index (χ3v) is 4.30. The Kier molecular flexibility index (Phi) is 5.76. The Morgan fingerprint density at radius 3 is 2.54 bits per heavy atom. The van der Waals surface area contributed by atoms with Crippen LogP contribution in [0, 0.1) is 0 Å². The van der Waals surface area contributed by atoms with E-state index >= 15 is 0 Å². The molecular formula is C20H23N5O. The Labute approximate surface area is 153 Å². The van der Waals surface area contributed by atoms with Crippen LogP contribution in [0.3, 0.4) is 0 Å². The van der Waals surface area contributed by atoms with Gasteiger partial charge in [-0.15, -0.1) is 0 Å². The average Bonchev–Trinajstić information content (AvgIpc) is 3.21. The quantitative estimate of drug-likeness (QED) is 0.710. The molecule has 1 aromatic heterocycles. The van der Waals surface area contributed by atoms with Crippen LogP contribution in [0.25, 0.3) is 5.69 Å². The standard InChI is InChI=1S/C20H23N5O/c1-3-24(4-2)13-16-6-5-7-18(12-16)23-20(26)17-8-10-19(11-9-17)25-15-21-14-22-25/h5-12,14-15H,3-4,13H2,1-2H3,(H,23,26). The average molecular weight is 349 g/mol. The fraction of sp³-hybridized carbons (Fsp3) is 0.250. The molecule has 0 radical (unpaired) electrons. The zero-order valence-electron chi connectivity index (χ0n) is 15.1. The number of anilines is 1. The number of nitrogens with one attached hydrogen (secondary N) is 1. The van der Waals surface area contributed by atoms with E-state index in [9.17, 15) is 4.79 Å². The molecule has 26 heavy (non-hydrogen) atoms. The predicted octanol–water partition coefficient (Wildman–Crippen LogP) is 3.36. The number of aromatic nitrogens is 3. The smallest absolute Gasteiger partial charge is 0.255 e. The van der Waals surface area contributed by atoms with Gasteiger partial charge in [-0.25, -0.2) is 9.67 Å². The SMILES string of the molecule is CCN(CC)Cc1cccc(NC(=O)c2ccc(-n3cncn3)cc2)c1. The van der Waals surface area contributed by atoms with Crippen LogP contribution in [0.5, 0.6) is 0 Å². The third kappa shape index (κ3) is 4.34. The molecule has 0 aliphatic carbocycles. The van der Waals surface area contributed by atoms with Crippen LogP contribution in [0.4, 0.5) is 5.69 Å². The van der Waals surface area contributed by atoms with Gasteiger partial charge in [0, 0.05) is 17.8 Å². The number of hydrogen-bond donors (Lipinski definition) is 1. The molecule has 1 amide bonds. The van der Waals surface area contributed by atoms with Crippen molar-refractivity contribution in [1.29, 1.82) is 0 Å². The topological polar surface area (TPSA) is 63.1 Å². The minimum atomic E-state index is -0.130. The maximum absolute atomic E-state index is 12.5. The molecule has 6 nitrogen and oxygen atoms in total. The molecule has 0 unspecified atom stereocenters. The second kappa shape index (κ2) is 8.40. The molecular weight excluding hydrogens is 326 g/mol. The monoisotopic (exact) mass is 349 g/mol. The van der Waals surface area contributed by atoms with Gasteiger partial charge in [0.2, 0.25) is 0 Å². The van der Waals surface area contributed by atoms with Crippen molar-refractivity contribution in [3.8, 4) is 5.69 Å². The van der Waals surface area contributed by atoms with Crippen molar-refractivity contribution in [2.75, 3.05) is 18.4 Å². The first-order chi connectivity index (χ1) is 12.7. The Hall–Kier alpha value is -2.99. The second-order valence-electron chi connectivity index (χ2n) is 6.00. The molecule has 0 aliphatic heterocycles. The van der Waals surface area contributed by atoms with Crippen LogP contribution in [0.2, 0.25) is 0 Å². The summed E-state index contributed by atoms with van der Waals surface area (Å²) < 4.78 is 1.65. The largest absolute Gasteiger partial charge is 0.322 e. The lowest BCUT2D eigenvalue weighted by Crippen LogP contribution is -2.22. The van der Waals surface area contributed by atoms with Crippen molar-refractivity contribution < 1.29 is 4.79 Å². The number of nitrogens with zero attached hydrogens (tertiary/aromatic N) is 4. The predicted molar refractivity (Wildman–Crippen MR) is 102 cm³/mol. The molecule has 134 valence electrons. The lowest BCUT2D eigenvalue weighted by molar-refractivity contribution is 0.102. The molecule has 0 fully saturated rings. The highest BCUT2D eigenvalue weighted by Gasteiger charge is 2.08. The Morgan fingerprint density at radius 1 is 1.12 bits per heavy atom. The normalized spacial score (nSPS) is 10.9. The van der Waals surface area contributed by atoms with Gasteiger partial charge in [-0.1, -0.05) is 26.0 Å². The minimum absolute atomic E-state index is 0.130. The summed E-state index contributed by atoms with van der Waals surface area (Å²) in [6.45, 7) is 7.19. The first-order valence-corrected chi connectivity index (χ1v) is 8.77. The van der Waals surface area contributed by atoms with E-state index in [0.29, 0.717) is 5.56 Å². The van der Waals surface area contributed by atoms with Crippen molar-refractivity contribution in [3.05, 3.63) is 72.3 Å². The Morgan fingerprint density at radius 2 is 1.88 bits per heavy atom. The summed E-state index contributed by atoms with van der Waals surface area (Å²) >= 11 is 0. The van der Waals surface area contributed by atoms with Gasteiger partial charge in [0.15, 0.2) is 0 Å². The number of hydrogen-bond acceptors (Lipinski definition) is 4. The van der Waals surface area contributed by atoms with Crippen LogP contribution >= 0.6 is 0 Å². The van der Waals surface area contributed by atoms with Crippen molar-refractivity contribution in [2.24, 2.45) is 0 Å². The highest BCUT2D eigenvalue weighted by atomic mass is 16.1. The van der Waals surface area contributed by atoms with Gasteiger partial charge in [-0.05, 0) is 55.1 Å². The molecule has 0 bridgehead atoms. The van der Waals surface area contributed by atoms with Crippen LogP contribution in [-0.4, -0.2) is 38.7 Å². The van der Waals surface area contributed by atoms with Gasteiger partial charge in [-0.3, -0.25) is 9.69 Å². The van der Waals surface area contributed by atoms with E-state index < -0.39 is 0 Å². The number of amides is 1. The molecule has 6 heteroatoms. The van der Waals surface area contributed by atoms with Gasteiger partial charge >= 0.3 is 0 Å². The van der Waals surface area contributed by atoms with Gasteiger partial charge in [0.25, 0.3) is 5.91 Å². The Bertz CT molecular complexity index is 839. The van der Waals surface area contributed by atoms with Crippen molar-refractivity contribution in [3.63, 3.8) is 0 Å². The molecule has 0 spiro atoms. The third-order valence-electron chi connectivity index (χ3n) is 4.30. The van der Waals surface area contributed by atoms with E-state index in [2.05, 4.69) is 40.2 Å². The van der Waals surface area contributed by atoms with E-state index in [1.54, 1.807) is 23.1 Å². The van der Waals surface area contributed by atoms with Crippen molar-refractivity contribution >= 4 is 11.6 Å². The fourth-order valence-electron chi connectivity index (χ4n) is 2.76. The summed E-state index contributed by atoms with van der Waals surface area (Å²) in [7, 11) is 0. The van der Waals surface area contributed by atoms with E-state index in [1.165, 1.54) is 11.9 Å². The molecule has 0 atom stereocenters. The number of benzene rings is 2. The molecule has 1 heterocycles. The second-order valence-corrected chi connectivity index (χ2v) is 6.00.